The zero-order valence-electron chi connectivity index (χ0n) is 32.3. The van der Waals surface area contributed by atoms with E-state index < -0.39 is 47.3 Å². The summed E-state index contributed by atoms with van der Waals surface area (Å²) in [5, 5.41) is 26.1. The third kappa shape index (κ3) is 12.2. The molecule has 5 aromatic rings. The number of rotatable bonds is 16. The lowest BCUT2D eigenvalue weighted by molar-refractivity contribution is -0.127. The highest BCUT2D eigenvalue weighted by atomic mass is 35.5. The molecule has 14 nitrogen and oxygen atoms in total. The van der Waals surface area contributed by atoms with Gasteiger partial charge < -0.3 is 21.3 Å². The number of anilines is 4. The number of nitrogens with zero attached hydrogens (tertiary/aromatic N) is 4. The van der Waals surface area contributed by atoms with Crippen molar-refractivity contribution in [3.05, 3.63) is 139 Å². The third-order valence-corrected chi connectivity index (χ3v) is 10.4. The molecule has 318 valence electrons. The van der Waals surface area contributed by atoms with Crippen molar-refractivity contribution < 1.29 is 28.8 Å². The predicted molar refractivity (Wildman–Crippen MR) is 242 cm³/mol. The lowest BCUT2D eigenvalue weighted by Crippen LogP contribution is -2.32. The summed E-state index contributed by atoms with van der Waals surface area (Å²) in [4.78, 5) is 77.8. The molecule has 0 fully saturated rings. The van der Waals surface area contributed by atoms with Crippen LogP contribution in [0, 0.1) is 0 Å². The Kier molecular flexibility index (Phi) is 16.7. The number of carbonyl (C=O) groups excluding carboxylic acids is 6. The Labute approximate surface area is 384 Å². The van der Waals surface area contributed by atoms with Gasteiger partial charge in [-0.05, 0) is 85.6 Å². The Morgan fingerprint density at radius 1 is 0.516 bits per heavy atom. The molecular weight excluding hydrogens is 925 g/mol. The van der Waals surface area contributed by atoms with E-state index in [0.29, 0.717) is 22.5 Å². The lowest BCUT2D eigenvalue weighted by atomic mass is 10.1. The number of hydrogen-bond donors (Lipinski definition) is 4. The average Bonchev–Trinajstić information content (AvgIpc) is 3.23. The summed E-state index contributed by atoms with van der Waals surface area (Å²) in [5.41, 5.74) is 2.60. The molecular formula is C42H32Cl6N8O6. The molecule has 0 aliphatic carbocycles. The van der Waals surface area contributed by atoms with Crippen molar-refractivity contribution in [1.29, 1.82) is 0 Å². The van der Waals surface area contributed by atoms with Crippen LogP contribution in [0.25, 0.3) is 0 Å². The van der Waals surface area contributed by atoms with Gasteiger partial charge in [-0.15, -0.1) is 23.2 Å². The normalized spacial score (nSPS) is 12.1. The van der Waals surface area contributed by atoms with E-state index in [1.807, 2.05) is 0 Å². The van der Waals surface area contributed by atoms with Gasteiger partial charge in [-0.3, -0.25) is 28.8 Å². The predicted octanol–water partition coefficient (Wildman–Crippen LogP) is 11.6. The molecule has 4 N–H and O–H groups in total. The van der Waals surface area contributed by atoms with Crippen molar-refractivity contribution >= 4 is 139 Å². The van der Waals surface area contributed by atoms with Crippen molar-refractivity contribution in [1.82, 2.24) is 0 Å². The third-order valence-electron chi connectivity index (χ3n) is 8.62. The van der Waals surface area contributed by atoms with Crippen LogP contribution in [0.4, 0.5) is 34.1 Å². The second kappa shape index (κ2) is 21.9. The van der Waals surface area contributed by atoms with Crippen LogP contribution in [0.5, 0.6) is 0 Å². The largest absolute Gasteiger partial charge is 0.324 e. The van der Waals surface area contributed by atoms with Crippen molar-refractivity contribution in [2.24, 2.45) is 20.5 Å². The molecule has 0 aliphatic rings. The van der Waals surface area contributed by atoms with Crippen molar-refractivity contribution in [2.45, 2.75) is 37.7 Å². The maximum absolute atomic E-state index is 13.3. The van der Waals surface area contributed by atoms with Crippen LogP contribution in [0.1, 0.15) is 45.7 Å². The maximum Gasteiger partial charge on any atom is 0.258 e. The quantitative estimate of drug-likeness (QED) is 0.0431. The Morgan fingerprint density at radius 2 is 0.919 bits per heavy atom. The summed E-state index contributed by atoms with van der Waals surface area (Å²) in [6.07, 6.45) is 0. The number of azo groups is 2. The monoisotopic (exact) mass is 954 g/mol. The molecule has 5 aromatic carbocycles. The average molecular weight is 957 g/mol. The number of alkyl halides is 2. The fraction of sp³-hybridized carbons (Fsp3) is 0.143. The molecule has 0 saturated heterocycles. The van der Waals surface area contributed by atoms with Gasteiger partial charge in [-0.1, -0.05) is 82.8 Å². The van der Waals surface area contributed by atoms with Crippen LogP contribution < -0.4 is 21.3 Å². The molecule has 0 radical (unpaired) electrons. The second-order valence-electron chi connectivity index (χ2n) is 13.1. The van der Waals surface area contributed by atoms with Crippen LogP contribution in [-0.2, 0) is 30.9 Å². The molecule has 0 saturated carbocycles. The van der Waals surface area contributed by atoms with E-state index in [2.05, 4.69) is 41.7 Å². The Morgan fingerprint density at radius 3 is 1.32 bits per heavy atom. The minimum absolute atomic E-state index is 0.00272. The number of carbonyl (C=O) groups is 6. The molecule has 2 unspecified atom stereocenters. The number of Topliss-reactive ketones (excluding diaryl/α,β-unsaturated/α-hetero) is 2. The molecule has 0 aliphatic heterocycles. The molecule has 62 heavy (non-hydrogen) atoms. The number of benzene rings is 5. The van der Waals surface area contributed by atoms with E-state index >= 15 is 0 Å². The van der Waals surface area contributed by atoms with Gasteiger partial charge in [-0.2, -0.15) is 20.5 Å². The van der Waals surface area contributed by atoms with Crippen LogP contribution in [0.2, 0.25) is 20.1 Å². The van der Waals surface area contributed by atoms with Crippen LogP contribution in [0.15, 0.2) is 118 Å². The summed E-state index contributed by atoms with van der Waals surface area (Å²) in [6, 6.07) is 21.4. The highest BCUT2D eigenvalue weighted by Crippen LogP contribution is 2.35. The van der Waals surface area contributed by atoms with E-state index in [9.17, 15) is 28.8 Å². The molecule has 0 bridgehead atoms. The SMILES string of the molecule is CC(=O)C(N=Nc1cc(C(=O)Nc2ccccc2CCl)ccc1Cl)C(=O)Nc1cc(Cl)c(NC(=O)C(N=Nc2cc(C(=O)Nc3ccccc3CCl)ccc2Cl)C(C)=O)c(Cl)c1. The Bertz CT molecular complexity index is 2620. The van der Waals surface area contributed by atoms with Gasteiger partial charge in [0.1, 0.15) is 11.4 Å². The van der Waals surface area contributed by atoms with Gasteiger partial charge >= 0.3 is 0 Å². The first kappa shape index (κ1) is 47.3. The van der Waals surface area contributed by atoms with Gasteiger partial charge in [0.2, 0.25) is 12.1 Å². The van der Waals surface area contributed by atoms with E-state index in [4.69, 9.17) is 69.6 Å². The number of para-hydroxylation sites is 2. The van der Waals surface area contributed by atoms with Gasteiger partial charge in [0, 0.05) is 39.9 Å². The van der Waals surface area contributed by atoms with Gasteiger partial charge in [0.05, 0.1) is 25.8 Å². The van der Waals surface area contributed by atoms with E-state index in [1.165, 1.54) is 48.5 Å². The second-order valence-corrected chi connectivity index (χ2v) is 15.2. The first-order chi connectivity index (χ1) is 29.6. The topological polar surface area (TPSA) is 200 Å². The Balaban J connectivity index is 1.27. The highest BCUT2D eigenvalue weighted by molar-refractivity contribution is 6.40. The number of halogens is 6. The van der Waals surface area contributed by atoms with Crippen LogP contribution in [-0.4, -0.2) is 47.3 Å². The molecule has 20 heteroatoms. The minimum Gasteiger partial charge on any atom is -0.324 e. The van der Waals surface area contributed by atoms with Gasteiger partial charge in [0.25, 0.3) is 23.6 Å². The fourth-order valence-electron chi connectivity index (χ4n) is 5.41. The molecule has 0 heterocycles. The van der Waals surface area contributed by atoms with Crippen molar-refractivity contribution in [3.63, 3.8) is 0 Å². The molecule has 2 atom stereocenters. The smallest absolute Gasteiger partial charge is 0.258 e. The number of hydrogen-bond acceptors (Lipinski definition) is 10. The van der Waals surface area contributed by atoms with Gasteiger partial charge in [-0.25, -0.2) is 0 Å². The highest BCUT2D eigenvalue weighted by Gasteiger charge is 2.27. The minimum atomic E-state index is -1.71. The molecule has 0 spiro atoms. The zero-order chi connectivity index (χ0) is 45.1. The summed E-state index contributed by atoms with van der Waals surface area (Å²) in [7, 11) is 0. The van der Waals surface area contributed by atoms with E-state index in [0.717, 1.165) is 13.8 Å². The van der Waals surface area contributed by atoms with E-state index in [-0.39, 0.29) is 65.7 Å². The molecule has 0 aromatic heterocycles. The number of amides is 4. The Hall–Kier alpha value is -5.74. The van der Waals surface area contributed by atoms with E-state index in [1.54, 1.807) is 48.5 Å². The van der Waals surface area contributed by atoms with Crippen LogP contribution >= 0.6 is 69.6 Å². The number of ketones is 2. The number of nitrogens with one attached hydrogen (secondary N) is 4. The summed E-state index contributed by atoms with van der Waals surface area (Å²) in [5.74, 6) is -3.95. The first-order valence-electron chi connectivity index (χ1n) is 18.0. The lowest BCUT2D eigenvalue weighted by Gasteiger charge is -2.15. The van der Waals surface area contributed by atoms with Crippen molar-refractivity contribution in [2.75, 3.05) is 21.3 Å². The summed E-state index contributed by atoms with van der Waals surface area (Å²) in [6.45, 7) is 2.23. The first-order valence-corrected chi connectivity index (χ1v) is 20.6. The summed E-state index contributed by atoms with van der Waals surface area (Å²) < 4.78 is 0. The summed E-state index contributed by atoms with van der Waals surface area (Å²) >= 11 is 37.5. The zero-order valence-corrected chi connectivity index (χ0v) is 36.8. The standard InChI is InChI=1S/C42H32Cl6N8O6/c1-21(57)36(55-53-34-15-23(11-13-28(34)45)39(59)50-32-9-5-3-7-25(32)19-43)41(61)49-27-17-30(47)38(31(48)18-27)52-42(62)37(22(2)58)56-54-35-16-24(12-14-29(35)46)40(60)51-33-10-6-4-8-26(33)20-44/h3-18,36-37H,19-20H2,1-2H3,(H,49,61)(H,50,59)(H,51,60)(H,52,62). The van der Waals surface area contributed by atoms with Crippen molar-refractivity contribution in [3.8, 4) is 0 Å². The maximum atomic E-state index is 13.3. The fourth-order valence-corrected chi connectivity index (χ4v) is 6.77. The van der Waals surface area contributed by atoms with Gasteiger partial charge in [0.15, 0.2) is 11.6 Å². The molecule has 4 amide bonds. The molecule has 5 rings (SSSR count). The van der Waals surface area contributed by atoms with Crippen LogP contribution in [0.3, 0.4) is 0 Å².